The van der Waals surface area contributed by atoms with Gasteiger partial charge in [-0.1, -0.05) is 49.5 Å². The fourth-order valence-electron chi connectivity index (χ4n) is 2.31. The number of carboxylic acid groups (broad SMARTS) is 1. The highest BCUT2D eigenvalue weighted by molar-refractivity contribution is 5.83. The number of aliphatic imine (C=N–C) groups is 2. The van der Waals surface area contributed by atoms with E-state index in [2.05, 4.69) is 4.99 Å². The molecule has 1 atom stereocenters. The van der Waals surface area contributed by atoms with Crippen LogP contribution in [0.4, 0.5) is 0 Å². The number of carboxylic acids is 1. The van der Waals surface area contributed by atoms with Crippen LogP contribution in [-0.2, 0) is 4.79 Å². The molecule has 0 fully saturated rings. The number of carbonyl (C=O) groups is 1. The molecule has 5 heteroatoms. The van der Waals surface area contributed by atoms with Crippen LogP contribution in [0.25, 0.3) is 0 Å². The Bertz CT molecular complexity index is 720. The number of hydrogen-bond acceptors (Lipinski definition) is 4. The first-order valence-electron chi connectivity index (χ1n) is 9.92. The van der Waals surface area contributed by atoms with Crippen molar-refractivity contribution in [1.82, 2.24) is 0 Å². The van der Waals surface area contributed by atoms with Gasteiger partial charge in [0.15, 0.2) is 0 Å². The first kappa shape index (κ1) is 26.2. The molecule has 158 valence electrons. The number of aliphatic carboxylic acids is 1. The summed E-state index contributed by atoms with van der Waals surface area (Å²) in [5, 5.41) is 8.89. The summed E-state index contributed by atoms with van der Waals surface area (Å²) in [5.74, 6) is -0.657. The van der Waals surface area contributed by atoms with E-state index in [4.69, 9.17) is 15.8 Å². The zero-order valence-corrected chi connectivity index (χ0v) is 18.1. The van der Waals surface area contributed by atoms with Crippen molar-refractivity contribution in [1.29, 1.82) is 0 Å². The van der Waals surface area contributed by atoms with Gasteiger partial charge in [0.2, 0.25) is 0 Å². The monoisotopic (exact) mass is 397 g/mol. The van der Waals surface area contributed by atoms with E-state index in [-0.39, 0.29) is 12.3 Å². The number of allylic oxidation sites excluding steroid dienone is 9. The maximum absolute atomic E-state index is 10.8. The molecule has 0 saturated carbocycles. The van der Waals surface area contributed by atoms with Crippen LogP contribution in [0.3, 0.4) is 0 Å². The van der Waals surface area contributed by atoms with Gasteiger partial charge in [-0.25, -0.2) is 0 Å². The predicted molar refractivity (Wildman–Crippen MR) is 125 cm³/mol. The van der Waals surface area contributed by atoms with Gasteiger partial charge in [-0.15, -0.1) is 0 Å². The third-order valence-electron chi connectivity index (χ3n) is 3.77. The highest BCUT2D eigenvalue weighted by Gasteiger charge is 2.08. The first-order valence-corrected chi connectivity index (χ1v) is 9.92. The van der Waals surface area contributed by atoms with Crippen LogP contribution in [-0.4, -0.2) is 29.5 Å². The Hall–Kier alpha value is -2.79. The van der Waals surface area contributed by atoms with Gasteiger partial charge in [0.05, 0.1) is 11.4 Å². The van der Waals surface area contributed by atoms with Gasteiger partial charge < -0.3 is 10.8 Å². The second-order valence-electron chi connectivity index (χ2n) is 6.57. The predicted octanol–water partition coefficient (Wildman–Crippen LogP) is 5.40. The van der Waals surface area contributed by atoms with E-state index in [1.54, 1.807) is 6.21 Å². The molecular formula is C24H35N3O2. The quantitative estimate of drug-likeness (QED) is 0.322. The maximum Gasteiger partial charge on any atom is 0.303 e. The Morgan fingerprint density at radius 3 is 2.34 bits per heavy atom. The summed E-state index contributed by atoms with van der Waals surface area (Å²) < 4.78 is 0. The number of hydrogen-bond donors (Lipinski definition) is 2. The second kappa shape index (κ2) is 17.3. The van der Waals surface area contributed by atoms with E-state index < -0.39 is 5.97 Å². The molecule has 0 radical (unpaired) electrons. The van der Waals surface area contributed by atoms with Crippen molar-refractivity contribution >= 4 is 17.9 Å². The largest absolute Gasteiger partial charge is 0.481 e. The summed E-state index contributed by atoms with van der Waals surface area (Å²) in [7, 11) is 0. The zero-order chi connectivity index (χ0) is 21.9. The number of nitrogens with zero attached hydrogens (tertiary/aromatic N) is 2. The molecule has 3 N–H and O–H groups in total. The minimum atomic E-state index is -0.767. The van der Waals surface area contributed by atoms with Gasteiger partial charge in [-0.05, 0) is 57.8 Å². The molecule has 0 aliphatic heterocycles. The van der Waals surface area contributed by atoms with Gasteiger partial charge in [0.25, 0.3) is 0 Å². The van der Waals surface area contributed by atoms with Gasteiger partial charge in [0.1, 0.15) is 0 Å². The van der Waals surface area contributed by atoms with Gasteiger partial charge in [-0.2, -0.15) is 0 Å². The zero-order valence-electron chi connectivity index (χ0n) is 18.1. The molecule has 0 spiro atoms. The fraction of sp³-hybridized carbons (Fsp3) is 0.375. The van der Waals surface area contributed by atoms with Crippen LogP contribution in [0.1, 0.15) is 47.0 Å². The number of rotatable bonds is 13. The van der Waals surface area contributed by atoms with Crippen molar-refractivity contribution < 1.29 is 9.90 Å². The third-order valence-corrected chi connectivity index (χ3v) is 3.77. The van der Waals surface area contributed by atoms with E-state index in [1.807, 2.05) is 88.5 Å². The summed E-state index contributed by atoms with van der Waals surface area (Å²) in [6.07, 6.45) is 22.5. The van der Waals surface area contributed by atoms with Crippen molar-refractivity contribution in [2.45, 2.75) is 47.0 Å². The molecule has 1 unspecified atom stereocenters. The lowest BCUT2D eigenvalue weighted by atomic mass is 10.0. The molecule has 5 nitrogen and oxygen atoms in total. The highest BCUT2D eigenvalue weighted by atomic mass is 16.4. The van der Waals surface area contributed by atoms with Gasteiger partial charge in [-0.3, -0.25) is 14.8 Å². The standard InChI is InChI=1S/C24H35N3O2/c1-5-7-8-9-10-11-18-26-22(13-6-2)23(14-12-17-25)27-21(4)16-15-20(3)19-24(28)29/h5-14,18,20H,15-17,19,25H2,1-4H3,(H,28,29)/b7-5-,9-8-,11-10+,13-6-,14-12+,23-22-,26-18+,27-21?. The molecule has 0 aliphatic rings. The van der Waals surface area contributed by atoms with E-state index in [9.17, 15) is 4.79 Å². The highest BCUT2D eigenvalue weighted by Crippen LogP contribution is 2.15. The minimum absolute atomic E-state index is 0.110. The van der Waals surface area contributed by atoms with Crippen molar-refractivity contribution in [2.24, 2.45) is 21.6 Å². The molecule has 0 bridgehead atoms. The van der Waals surface area contributed by atoms with E-state index in [0.29, 0.717) is 6.54 Å². The first-order chi connectivity index (χ1) is 13.9. The molecule has 0 aromatic carbocycles. The second-order valence-corrected chi connectivity index (χ2v) is 6.57. The third kappa shape index (κ3) is 14.9. The van der Waals surface area contributed by atoms with Crippen LogP contribution in [0.15, 0.2) is 82.1 Å². The van der Waals surface area contributed by atoms with E-state index >= 15 is 0 Å². The maximum atomic E-state index is 10.8. The lowest BCUT2D eigenvalue weighted by molar-refractivity contribution is -0.138. The van der Waals surface area contributed by atoms with Crippen LogP contribution in [0.2, 0.25) is 0 Å². The van der Waals surface area contributed by atoms with E-state index in [1.165, 1.54) is 0 Å². The SMILES string of the molecule is C/C=C\C=C/C=C/C=N/C(/C=C\C)=C(/C=C/CN)N=C(C)CCC(C)CC(=O)O. The number of nitrogens with two attached hydrogens (primary N) is 1. The van der Waals surface area contributed by atoms with Crippen molar-refractivity contribution in [3.63, 3.8) is 0 Å². The molecule has 0 aliphatic carbocycles. The molecule has 0 amide bonds. The Morgan fingerprint density at radius 2 is 1.72 bits per heavy atom. The summed E-state index contributed by atoms with van der Waals surface area (Å²) in [6, 6.07) is 0. The summed E-state index contributed by atoms with van der Waals surface area (Å²) >= 11 is 0. The van der Waals surface area contributed by atoms with Crippen LogP contribution >= 0.6 is 0 Å². The summed E-state index contributed by atoms with van der Waals surface area (Å²) in [5.41, 5.74) is 8.00. The Balaban J connectivity index is 5.50. The summed E-state index contributed by atoms with van der Waals surface area (Å²) in [6.45, 7) is 8.21. The van der Waals surface area contributed by atoms with Gasteiger partial charge in [0, 0.05) is 24.9 Å². The van der Waals surface area contributed by atoms with E-state index in [0.717, 1.165) is 29.9 Å². The van der Waals surface area contributed by atoms with Crippen LogP contribution in [0.5, 0.6) is 0 Å². The molecule has 0 aromatic heterocycles. The smallest absolute Gasteiger partial charge is 0.303 e. The topological polar surface area (TPSA) is 88.0 Å². The van der Waals surface area contributed by atoms with Crippen LogP contribution in [0, 0.1) is 5.92 Å². The Kier molecular flexibility index (Phi) is 15.7. The Labute approximate surface area is 175 Å². The molecular weight excluding hydrogens is 362 g/mol. The average molecular weight is 398 g/mol. The normalized spacial score (nSPS) is 15.7. The minimum Gasteiger partial charge on any atom is -0.481 e. The molecule has 29 heavy (non-hydrogen) atoms. The van der Waals surface area contributed by atoms with Gasteiger partial charge >= 0.3 is 5.97 Å². The lowest BCUT2D eigenvalue weighted by Crippen LogP contribution is -2.06. The van der Waals surface area contributed by atoms with Crippen molar-refractivity contribution in [3.05, 3.63) is 72.2 Å². The molecule has 0 saturated heterocycles. The lowest BCUT2D eigenvalue weighted by Gasteiger charge is -2.09. The van der Waals surface area contributed by atoms with Crippen LogP contribution < -0.4 is 5.73 Å². The molecule has 0 heterocycles. The Morgan fingerprint density at radius 1 is 1.03 bits per heavy atom. The van der Waals surface area contributed by atoms with Crippen molar-refractivity contribution in [3.8, 4) is 0 Å². The molecule has 0 aromatic rings. The molecule has 0 rings (SSSR count). The average Bonchev–Trinajstić information content (AvgIpc) is 2.67. The van der Waals surface area contributed by atoms with Crippen molar-refractivity contribution in [2.75, 3.05) is 6.54 Å². The summed E-state index contributed by atoms with van der Waals surface area (Å²) in [4.78, 5) is 20.1. The fourth-order valence-corrected chi connectivity index (χ4v) is 2.31.